The number of hydrogen-bond acceptors (Lipinski definition) is 5. The van der Waals surface area contributed by atoms with Crippen LogP contribution in [0.2, 0.25) is 0 Å². The van der Waals surface area contributed by atoms with Crippen molar-refractivity contribution in [2.75, 3.05) is 23.9 Å². The van der Waals surface area contributed by atoms with Gasteiger partial charge >= 0.3 is 5.69 Å². The maximum absolute atomic E-state index is 11.1. The first kappa shape index (κ1) is 14.8. The highest BCUT2D eigenvalue weighted by molar-refractivity contribution is 7.98. The molecule has 0 aromatic carbocycles. The van der Waals surface area contributed by atoms with Crippen molar-refractivity contribution in [2.45, 2.75) is 27.3 Å². The van der Waals surface area contributed by atoms with Crippen molar-refractivity contribution in [1.82, 2.24) is 9.78 Å². The van der Waals surface area contributed by atoms with Crippen LogP contribution in [0.3, 0.4) is 0 Å². The number of thioether (sulfide) groups is 1. The number of aryl methyl sites for hydroxylation is 2. The van der Waals surface area contributed by atoms with Gasteiger partial charge in [-0.2, -0.15) is 16.9 Å². The summed E-state index contributed by atoms with van der Waals surface area (Å²) in [5.74, 6) is 2.01. The minimum absolute atomic E-state index is 0.0909. The number of rotatable bonds is 7. The second-order valence-corrected chi connectivity index (χ2v) is 5.21. The van der Waals surface area contributed by atoms with Crippen molar-refractivity contribution in [1.29, 1.82) is 0 Å². The smallest absolute Gasteiger partial charge is 0.333 e. The maximum atomic E-state index is 11.1. The first-order valence-electron chi connectivity index (χ1n) is 5.95. The highest BCUT2D eigenvalue weighted by atomic mass is 32.2. The summed E-state index contributed by atoms with van der Waals surface area (Å²) in [5.41, 5.74) is 0.551. The van der Waals surface area contributed by atoms with E-state index in [1.165, 1.54) is 0 Å². The first-order chi connectivity index (χ1) is 8.51. The van der Waals surface area contributed by atoms with Gasteiger partial charge in [-0.25, -0.2) is 4.68 Å². The zero-order chi connectivity index (χ0) is 13.7. The third-order valence-electron chi connectivity index (χ3n) is 2.65. The van der Waals surface area contributed by atoms with Gasteiger partial charge in [-0.05, 0) is 31.8 Å². The fourth-order valence-electron chi connectivity index (χ4n) is 1.81. The number of nitrogens with one attached hydrogen (secondary N) is 1. The molecule has 0 amide bonds. The SMILES string of the molecule is CCn1nc(C)c([N+](=O)[O-])c1NCC(C)CSC. The minimum Gasteiger partial charge on any atom is -0.364 e. The van der Waals surface area contributed by atoms with Gasteiger partial charge in [0.25, 0.3) is 0 Å². The van der Waals surface area contributed by atoms with Crippen molar-refractivity contribution in [3.63, 3.8) is 0 Å². The van der Waals surface area contributed by atoms with Crippen LogP contribution in [0.25, 0.3) is 0 Å². The molecule has 0 bridgehead atoms. The Balaban J connectivity index is 2.88. The lowest BCUT2D eigenvalue weighted by Crippen LogP contribution is -2.16. The monoisotopic (exact) mass is 272 g/mol. The van der Waals surface area contributed by atoms with Crippen LogP contribution < -0.4 is 5.32 Å². The molecule has 0 aliphatic heterocycles. The van der Waals surface area contributed by atoms with Crippen LogP contribution in [0, 0.1) is 23.0 Å². The van der Waals surface area contributed by atoms with Gasteiger partial charge in [0.1, 0.15) is 5.69 Å². The first-order valence-corrected chi connectivity index (χ1v) is 7.35. The Kier molecular flexibility index (Phi) is 5.46. The normalized spacial score (nSPS) is 12.4. The number of nitrogens with zero attached hydrogens (tertiary/aromatic N) is 3. The molecule has 1 rings (SSSR count). The van der Waals surface area contributed by atoms with Crippen LogP contribution in [0.5, 0.6) is 0 Å². The van der Waals surface area contributed by atoms with Crippen molar-refractivity contribution in [3.05, 3.63) is 15.8 Å². The number of anilines is 1. The Morgan fingerprint density at radius 1 is 1.61 bits per heavy atom. The predicted molar refractivity (Wildman–Crippen MR) is 75.3 cm³/mol. The molecule has 0 aliphatic carbocycles. The third-order valence-corrected chi connectivity index (χ3v) is 3.55. The van der Waals surface area contributed by atoms with Gasteiger partial charge in [-0.15, -0.1) is 0 Å². The number of nitro groups is 1. The molecule has 1 aromatic heterocycles. The van der Waals surface area contributed by atoms with Crippen LogP contribution in [-0.4, -0.2) is 33.3 Å². The molecule has 1 atom stereocenters. The second kappa shape index (κ2) is 6.63. The summed E-state index contributed by atoms with van der Waals surface area (Å²) in [6.45, 7) is 7.04. The van der Waals surface area contributed by atoms with Crippen LogP contribution >= 0.6 is 11.8 Å². The van der Waals surface area contributed by atoms with E-state index in [1.807, 2.05) is 6.92 Å². The third kappa shape index (κ3) is 3.38. The highest BCUT2D eigenvalue weighted by Crippen LogP contribution is 2.28. The van der Waals surface area contributed by atoms with Crippen LogP contribution in [0.1, 0.15) is 19.5 Å². The van der Waals surface area contributed by atoms with E-state index in [0.29, 0.717) is 30.5 Å². The highest BCUT2D eigenvalue weighted by Gasteiger charge is 2.24. The number of hydrogen-bond donors (Lipinski definition) is 1. The van der Waals surface area contributed by atoms with E-state index >= 15 is 0 Å². The van der Waals surface area contributed by atoms with E-state index in [0.717, 1.165) is 5.75 Å². The molecule has 7 heteroatoms. The fourth-order valence-corrected chi connectivity index (χ4v) is 2.50. The Labute approximate surface area is 111 Å². The average molecular weight is 272 g/mol. The molecule has 1 N–H and O–H groups in total. The van der Waals surface area contributed by atoms with E-state index in [4.69, 9.17) is 0 Å². The molecule has 1 aromatic rings. The summed E-state index contributed by atoms with van der Waals surface area (Å²) in [4.78, 5) is 10.7. The summed E-state index contributed by atoms with van der Waals surface area (Å²) in [6, 6.07) is 0. The van der Waals surface area contributed by atoms with Crippen molar-refractivity contribution < 1.29 is 4.92 Å². The van der Waals surface area contributed by atoms with Crippen LogP contribution in [-0.2, 0) is 6.54 Å². The molecule has 1 unspecified atom stereocenters. The van der Waals surface area contributed by atoms with Gasteiger partial charge in [0, 0.05) is 13.1 Å². The van der Waals surface area contributed by atoms with Gasteiger partial charge in [-0.1, -0.05) is 6.92 Å². The molecule has 0 fully saturated rings. The summed E-state index contributed by atoms with van der Waals surface area (Å²) in [6.07, 6.45) is 2.05. The van der Waals surface area contributed by atoms with Gasteiger partial charge in [-0.3, -0.25) is 10.1 Å². The average Bonchev–Trinajstić information content (AvgIpc) is 2.63. The van der Waals surface area contributed by atoms with E-state index < -0.39 is 0 Å². The van der Waals surface area contributed by atoms with Crippen LogP contribution in [0.15, 0.2) is 0 Å². The van der Waals surface area contributed by atoms with Gasteiger partial charge < -0.3 is 5.32 Å². The predicted octanol–water partition coefficient (Wildman–Crippen LogP) is 2.53. The second-order valence-electron chi connectivity index (χ2n) is 4.30. The molecule has 0 saturated carbocycles. The molecule has 0 aliphatic rings. The van der Waals surface area contributed by atoms with E-state index in [-0.39, 0.29) is 10.6 Å². The van der Waals surface area contributed by atoms with Gasteiger partial charge in [0.15, 0.2) is 0 Å². The van der Waals surface area contributed by atoms with E-state index in [2.05, 4.69) is 23.6 Å². The lowest BCUT2D eigenvalue weighted by molar-refractivity contribution is -0.384. The lowest BCUT2D eigenvalue weighted by atomic mass is 10.2. The zero-order valence-corrected chi connectivity index (χ0v) is 12.1. The molecule has 6 nitrogen and oxygen atoms in total. The molecule has 1 heterocycles. The van der Waals surface area contributed by atoms with Crippen molar-refractivity contribution in [3.8, 4) is 0 Å². The van der Waals surface area contributed by atoms with Gasteiger partial charge in [0.05, 0.1) is 4.92 Å². The molecule has 0 spiro atoms. The zero-order valence-electron chi connectivity index (χ0n) is 11.3. The Morgan fingerprint density at radius 2 is 2.28 bits per heavy atom. The van der Waals surface area contributed by atoms with Crippen molar-refractivity contribution in [2.24, 2.45) is 5.92 Å². The molecule has 18 heavy (non-hydrogen) atoms. The summed E-state index contributed by atoms with van der Waals surface area (Å²) in [5, 5.41) is 18.4. The minimum atomic E-state index is -0.365. The molecule has 0 saturated heterocycles. The summed E-state index contributed by atoms with van der Waals surface area (Å²) < 4.78 is 1.65. The van der Waals surface area contributed by atoms with Crippen molar-refractivity contribution >= 4 is 23.3 Å². The molecular formula is C11H20N4O2S. The van der Waals surface area contributed by atoms with E-state index in [9.17, 15) is 10.1 Å². The van der Waals surface area contributed by atoms with E-state index in [1.54, 1.807) is 23.4 Å². The Bertz CT molecular complexity index is 419. The molecule has 102 valence electrons. The molecular weight excluding hydrogens is 252 g/mol. The summed E-state index contributed by atoms with van der Waals surface area (Å²) >= 11 is 1.77. The maximum Gasteiger partial charge on any atom is 0.333 e. The molecule has 0 radical (unpaired) electrons. The lowest BCUT2D eigenvalue weighted by Gasteiger charge is -2.12. The number of aromatic nitrogens is 2. The van der Waals surface area contributed by atoms with Gasteiger partial charge in [0.2, 0.25) is 5.82 Å². The topological polar surface area (TPSA) is 73.0 Å². The quantitative estimate of drug-likeness (QED) is 0.610. The van der Waals surface area contributed by atoms with Crippen LogP contribution in [0.4, 0.5) is 11.5 Å². The summed E-state index contributed by atoms with van der Waals surface area (Å²) in [7, 11) is 0. The Hall–Kier alpha value is -1.24. The largest absolute Gasteiger partial charge is 0.364 e. The standard InChI is InChI=1S/C11H20N4O2S/c1-5-14-11(12-6-8(2)7-18-4)10(15(16)17)9(3)13-14/h8,12H,5-7H2,1-4H3. The fraction of sp³-hybridized carbons (Fsp3) is 0.727. The Morgan fingerprint density at radius 3 is 2.78 bits per heavy atom.